The normalized spacial score (nSPS) is 20.6. The first-order chi connectivity index (χ1) is 13.1. The van der Waals surface area contributed by atoms with Gasteiger partial charge in [0.25, 0.3) is 5.91 Å². The van der Waals surface area contributed by atoms with Gasteiger partial charge in [0.2, 0.25) is 5.91 Å². The van der Waals surface area contributed by atoms with Crippen molar-refractivity contribution in [1.82, 2.24) is 15.1 Å². The molecule has 0 spiro atoms. The fourth-order valence-electron chi connectivity index (χ4n) is 4.13. The monoisotopic (exact) mass is 375 g/mol. The van der Waals surface area contributed by atoms with Crippen molar-refractivity contribution in [3.63, 3.8) is 0 Å². The number of piperidine rings is 1. The number of carbonyl (C=O) groups is 2. The van der Waals surface area contributed by atoms with E-state index in [4.69, 9.17) is 0 Å². The molecule has 3 rings (SSSR count). The molecule has 148 valence electrons. The minimum Gasteiger partial charge on any atom is -0.351 e. The van der Waals surface area contributed by atoms with E-state index in [9.17, 15) is 14.0 Å². The van der Waals surface area contributed by atoms with Crippen molar-refractivity contribution in [1.29, 1.82) is 0 Å². The Bertz CT molecular complexity index is 646. The van der Waals surface area contributed by atoms with Gasteiger partial charge in [-0.05, 0) is 63.7 Å². The maximum Gasteiger partial charge on any atom is 0.254 e. The van der Waals surface area contributed by atoms with Crippen LogP contribution < -0.4 is 5.32 Å². The molecule has 2 heterocycles. The van der Waals surface area contributed by atoms with E-state index in [-0.39, 0.29) is 24.4 Å². The molecule has 2 aliphatic rings. The number of nitrogens with zero attached hydrogens (tertiary/aromatic N) is 2. The van der Waals surface area contributed by atoms with Gasteiger partial charge >= 0.3 is 0 Å². The maximum atomic E-state index is 13.6. The lowest BCUT2D eigenvalue weighted by atomic mass is 9.98. The van der Waals surface area contributed by atoms with E-state index < -0.39 is 11.7 Å². The predicted octanol–water partition coefficient (Wildman–Crippen LogP) is 2.81. The highest BCUT2D eigenvalue weighted by Crippen LogP contribution is 2.21. The third-order valence-electron chi connectivity index (χ3n) is 5.67. The molecule has 0 bridgehead atoms. The number of benzene rings is 1. The Morgan fingerprint density at radius 3 is 2.59 bits per heavy atom. The molecular weight excluding hydrogens is 345 g/mol. The van der Waals surface area contributed by atoms with Crippen LogP contribution >= 0.6 is 0 Å². The fourth-order valence-corrected chi connectivity index (χ4v) is 4.13. The summed E-state index contributed by atoms with van der Waals surface area (Å²) in [5.41, 5.74) is 0.0198. The summed E-state index contributed by atoms with van der Waals surface area (Å²) in [6.45, 7) is 4.48. The van der Waals surface area contributed by atoms with E-state index in [1.165, 1.54) is 44.5 Å². The Hall–Kier alpha value is -1.95. The zero-order valence-corrected chi connectivity index (χ0v) is 16.0. The molecule has 1 aromatic rings. The average Bonchev–Trinajstić information content (AvgIpc) is 3.20. The number of rotatable bonds is 7. The lowest BCUT2D eigenvalue weighted by Crippen LogP contribution is -2.46. The Labute approximate surface area is 160 Å². The van der Waals surface area contributed by atoms with Crippen LogP contribution in [0.5, 0.6) is 0 Å². The fraction of sp³-hybridized carbons (Fsp3) is 0.619. The van der Waals surface area contributed by atoms with Crippen LogP contribution in [-0.2, 0) is 4.79 Å². The van der Waals surface area contributed by atoms with Gasteiger partial charge in [-0.15, -0.1) is 0 Å². The molecule has 1 atom stereocenters. The zero-order valence-electron chi connectivity index (χ0n) is 16.0. The quantitative estimate of drug-likeness (QED) is 0.797. The van der Waals surface area contributed by atoms with E-state index in [1.807, 2.05) is 4.90 Å². The molecule has 27 heavy (non-hydrogen) atoms. The molecule has 1 N–H and O–H groups in total. The van der Waals surface area contributed by atoms with Gasteiger partial charge in [0, 0.05) is 32.1 Å². The summed E-state index contributed by atoms with van der Waals surface area (Å²) in [4.78, 5) is 29.2. The van der Waals surface area contributed by atoms with Gasteiger partial charge in [-0.1, -0.05) is 12.1 Å². The second-order valence-corrected chi connectivity index (χ2v) is 7.56. The average molecular weight is 375 g/mol. The molecule has 2 amide bonds. The number of likely N-dealkylation sites (tertiary alicyclic amines) is 2. The van der Waals surface area contributed by atoms with E-state index in [1.54, 1.807) is 12.1 Å². The van der Waals surface area contributed by atoms with Crippen LogP contribution in [-0.4, -0.2) is 60.4 Å². The van der Waals surface area contributed by atoms with E-state index >= 15 is 0 Å². The van der Waals surface area contributed by atoms with Crippen LogP contribution in [0.2, 0.25) is 0 Å². The molecule has 0 aromatic heterocycles. The Balaban J connectivity index is 1.45. The number of carbonyl (C=O) groups excluding carboxylic acids is 2. The number of nitrogens with one attached hydrogen (secondary N) is 1. The Morgan fingerprint density at radius 2 is 1.81 bits per heavy atom. The highest BCUT2D eigenvalue weighted by atomic mass is 19.1. The summed E-state index contributed by atoms with van der Waals surface area (Å²) in [6, 6.07) is 6.20. The van der Waals surface area contributed by atoms with Crippen molar-refractivity contribution in [2.75, 3.05) is 32.7 Å². The summed E-state index contributed by atoms with van der Waals surface area (Å²) in [5.74, 6) is -0.917. The van der Waals surface area contributed by atoms with Gasteiger partial charge in [-0.2, -0.15) is 0 Å². The minimum atomic E-state index is -0.542. The molecule has 5 nitrogen and oxygen atoms in total. The topological polar surface area (TPSA) is 52.7 Å². The smallest absolute Gasteiger partial charge is 0.254 e. The molecule has 2 fully saturated rings. The van der Waals surface area contributed by atoms with Crippen molar-refractivity contribution in [3.8, 4) is 0 Å². The van der Waals surface area contributed by atoms with Gasteiger partial charge in [0.1, 0.15) is 5.82 Å². The van der Waals surface area contributed by atoms with Crippen molar-refractivity contribution in [2.24, 2.45) is 0 Å². The largest absolute Gasteiger partial charge is 0.351 e. The highest BCUT2D eigenvalue weighted by molar-refractivity contribution is 5.94. The lowest BCUT2D eigenvalue weighted by molar-refractivity contribution is -0.134. The Kier molecular flexibility index (Phi) is 7.21. The first-order valence-electron chi connectivity index (χ1n) is 10.2. The number of hydrogen-bond acceptors (Lipinski definition) is 3. The molecule has 0 aliphatic carbocycles. The maximum absolute atomic E-state index is 13.6. The van der Waals surface area contributed by atoms with Crippen molar-refractivity contribution in [2.45, 2.75) is 51.0 Å². The van der Waals surface area contributed by atoms with Crippen molar-refractivity contribution >= 4 is 11.8 Å². The van der Waals surface area contributed by atoms with Crippen LogP contribution in [0.1, 0.15) is 55.3 Å². The molecule has 2 saturated heterocycles. The molecule has 0 unspecified atom stereocenters. The standard InChI is InChI=1S/C21H30FN3O2/c22-19-9-2-1-8-18(19)21(27)23-12-10-20(26)25-15-4-3-7-17(25)11-16-24-13-5-6-14-24/h1-2,8-9,17H,3-7,10-16H2,(H,23,27)/t17-/m0/s1. The van der Waals surface area contributed by atoms with E-state index in [0.717, 1.165) is 32.4 Å². The first-order valence-corrected chi connectivity index (χ1v) is 10.2. The third kappa shape index (κ3) is 5.51. The van der Waals surface area contributed by atoms with Crippen LogP contribution in [0.15, 0.2) is 24.3 Å². The molecular formula is C21H30FN3O2. The van der Waals surface area contributed by atoms with Crippen molar-refractivity contribution in [3.05, 3.63) is 35.6 Å². The van der Waals surface area contributed by atoms with Gasteiger partial charge < -0.3 is 15.1 Å². The first kappa shape index (κ1) is 19.8. The van der Waals surface area contributed by atoms with Gasteiger partial charge in [-0.3, -0.25) is 9.59 Å². The second-order valence-electron chi connectivity index (χ2n) is 7.56. The number of hydrogen-bond donors (Lipinski definition) is 1. The van der Waals surface area contributed by atoms with Crippen molar-refractivity contribution < 1.29 is 14.0 Å². The molecule has 0 saturated carbocycles. The minimum absolute atomic E-state index is 0.0198. The number of halogens is 1. The van der Waals surface area contributed by atoms with Crippen LogP contribution in [0.3, 0.4) is 0 Å². The molecule has 2 aliphatic heterocycles. The van der Waals surface area contributed by atoms with Gasteiger partial charge in [-0.25, -0.2) is 4.39 Å². The summed E-state index contributed by atoms with van der Waals surface area (Å²) in [5, 5.41) is 2.67. The summed E-state index contributed by atoms with van der Waals surface area (Å²) >= 11 is 0. The highest BCUT2D eigenvalue weighted by Gasteiger charge is 2.27. The lowest BCUT2D eigenvalue weighted by Gasteiger charge is -2.37. The van der Waals surface area contributed by atoms with Crippen LogP contribution in [0.25, 0.3) is 0 Å². The van der Waals surface area contributed by atoms with Gasteiger partial charge in [0.05, 0.1) is 5.56 Å². The van der Waals surface area contributed by atoms with Crippen LogP contribution in [0.4, 0.5) is 4.39 Å². The SMILES string of the molecule is O=C(NCCC(=O)N1CCCC[C@H]1CCN1CCCC1)c1ccccc1F. The third-order valence-corrected chi connectivity index (χ3v) is 5.67. The summed E-state index contributed by atoms with van der Waals surface area (Å²) < 4.78 is 13.6. The van der Waals surface area contributed by atoms with E-state index in [0.29, 0.717) is 6.04 Å². The van der Waals surface area contributed by atoms with Crippen LogP contribution in [0, 0.1) is 5.82 Å². The van der Waals surface area contributed by atoms with E-state index in [2.05, 4.69) is 10.2 Å². The summed E-state index contributed by atoms with van der Waals surface area (Å²) in [6.07, 6.45) is 7.17. The zero-order chi connectivity index (χ0) is 19.1. The summed E-state index contributed by atoms with van der Waals surface area (Å²) in [7, 11) is 0. The second kappa shape index (κ2) is 9.83. The molecule has 1 aromatic carbocycles. The predicted molar refractivity (Wildman–Crippen MR) is 103 cm³/mol. The Morgan fingerprint density at radius 1 is 1.07 bits per heavy atom. The molecule has 6 heteroatoms. The van der Waals surface area contributed by atoms with Gasteiger partial charge in [0.15, 0.2) is 0 Å². The number of amides is 2. The molecule has 0 radical (unpaired) electrons.